The van der Waals surface area contributed by atoms with Crippen molar-refractivity contribution >= 4 is 5.78 Å². The van der Waals surface area contributed by atoms with Crippen LogP contribution in [-0.2, 0) is 6.54 Å². The Balaban J connectivity index is 1.95. The molecule has 3 nitrogen and oxygen atoms in total. The maximum Gasteiger partial charge on any atom is 0.167 e. The van der Waals surface area contributed by atoms with Gasteiger partial charge in [0.15, 0.2) is 5.78 Å². The molecule has 1 aliphatic carbocycles. The molecule has 0 aromatic carbocycles. The van der Waals surface area contributed by atoms with E-state index in [2.05, 4.69) is 6.07 Å². The topological polar surface area (TPSA) is 45.8 Å². The fourth-order valence-corrected chi connectivity index (χ4v) is 1.77. The molecule has 0 radical (unpaired) electrons. The van der Waals surface area contributed by atoms with E-state index in [0.29, 0.717) is 0 Å². The molecule has 0 bridgehead atoms. The molecule has 1 fully saturated rings. The average Bonchev–Trinajstić information content (AvgIpc) is 3.05. The minimum atomic E-state index is -0.301. The van der Waals surface area contributed by atoms with Crippen LogP contribution in [0.2, 0.25) is 0 Å². The fourth-order valence-electron chi connectivity index (χ4n) is 1.77. The molecule has 1 aromatic heterocycles. The second kappa shape index (κ2) is 4.37. The van der Waals surface area contributed by atoms with Gasteiger partial charge in [0.2, 0.25) is 0 Å². The molecule has 1 aliphatic rings. The number of hydrogen-bond donors (Lipinski definition) is 0. The summed E-state index contributed by atoms with van der Waals surface area (Å²) in [5.41, 5.74) is 0.521. The van der Waals surface area contributed by atoms with Gasteiger partial charge < -0.3 is 4.57 Å². The van der Waals surface area contributed by atoms with E-state index in [4.69, 9.17) is 5.26 Å². The number of aryl methyl sites for hydroxylation is 1. The third-order valence-electron chi connectivity index (χ3n) is 3.28. The number of aromatic nitrogens is 1. The number of carbonyl (C=O) groups excluding carboxylic acids is 1. The quantitative estimate of drug-likeness (QED) is 0.730. The molecule has 0 saturated heterocycles. The molecule has 0 unspecified atom stereocenters. The zero-order chi connectivity index (χ0) is 12.5. The summed E-state index contributed by atoms with van der Waals surface area (Å²) in [6.45, 7) is 4.66. The molecule has 1 heterocycles. The Labute approximate surface area is 102 Å². The van der Waals surface area contributed by atoms with Gasteiger partial charge in [-0.25, -0.2) is 0 Å². The largest absolute Gasteiger partial charge is 0.353 e. The van der Waals surface area contributed by atoms with E-state index >= 15 is 0 Å². The van der Waals surface area contributed by atoms with Crippen molar-refractivity contribution in [3.05, 3.63) is 24.0 Å². The zero-order valence-corrected chi connectivity index (χ0v) is 10.4. The predicted octanol–water partition coefficient (Wildman–Crippen LogP) is 3.02. The van der Waals surface area contributed by atoms with Crippen LogP contribution in [0.15, 0.2) is 18.5 Å². The van der Waals surface area contributed by atoms with E-state index in [1.165, 1.54) is 0 Å². The van der Waals surface area contributed by atoms with E-state index in [1.54, 1.807) is 0 Å². The fraction of sp³-hybridized carbons (Fsp3) is 0.571. The Kier molecular flexibility index (Phi) is 3.06. The van der Waals surface area contributed by atoms with E-state index in [0.717, 1.165) is 31.4 Å². The van der Waals surface area contributed by atoms with Crippen molar-refractivity contribution < 1.29 is 4.79 Å². The number of rotatable bonds is 5. The maximum absolute atomic E-state index is 11.8. The molecule has 0 atom stereocenters. The molecule has 1 saturated carbocycles. The first-order chi connectivity index (χ1) is 8.02. The van der Waals surface area contributed by atoms with Crippen LogP contribution in [0, 0.1) is 22.7 Å². The highest BCUT2D eigenvalue weighted by molar-refractivity contribution is 5.99. The standard InChI is InChI=1S/C14H18N2O/c1-14(2,10-15)6-8-16-7-5-12(9-16)13(17)11-3-4-11/h5,7,9,11H,3-4,6,8H2,1-2H3. The van der Waals surface area contributed by atoms with E-state index in [1.807, 2.05) is 36.9 Å². The molecule has 1 aromatic rings. The van der Waals surface area contributed by atoms with Crippen LogP contribution in [0.5, 0.6) is 0 Å². The van der Waals surface area contributed by atoms with Crippen LogP contribution in [0.25, 0.3) is 0 Å². The van der Waals surface area contributed by atoms with E-state index in [9.17, 15) is 4.79 Å². The molecule has 0 aliphatic heterocycles. The minimum Gasteiger partial charge on any atom is -0.353 e. The van der Waals surface area contributed by atoms with Gasteiger partial charge in [-0.3, -0.25) is 4.79 Å². The smallest absolute Gasteiger partial charge is 0.167 e. The lowest BCUT2D eigenvalue weighted by Crippen LogP contribution is -2.11. The van der Waals surface area contributed by atoms with Crippen LogP contribution in [0.3, 0.4) is 0 Å². The second-order valence-corrected chi connectivity index (χ2v) is 5.52. The summed E-state index contributed by atoms with van der Waals surface area (Å²) in [5.74, 6) is 0.560. The van der Waals surface area contributed by atoms with Crippen LogP contribution in [0.1, 0.15) is 43.5 Å². The zero-order valence-electron chi connectivity index (χ0n) is 10.4. The van der Waals surface area contributed by atoms with Crippen LogP contribution in [-0.4, -0.2) is 10.4 Å². The number of carbonyl (C=O) groups is 1. The van der Waals surface area contributed by atoms with Crippen molar-refractivity contribution in [1.82, 2.24) is 4.57 Å². The molecule has 2 rings (SSSR count). The highest BCUT2D eigenvalue weighted by Gasteiger charge is 2.30. The lowest BCUT2D eigenvalue weighted by molar-refractivity contribution is 0.0967. The van der Waals surface area contributed by atoms with Crippen LogP contribution < -0.4 is 0 Å². The first-order valence-electron chi connectivity index (χ1n) is 6.13. The summed E-state index contributed by atoms with van der Waals surface area (Å²) in [4.78, 5) is 11.8. The number of hydrogen-bond acceptors (Lipinski definition) is 2. The maximum atomic E-state index is 11.8. The monoisotopic (exact) mass is 230 g/mol. The first-order valence-corrected chi connectivity index (χ1v) is 6.13. The van der Waals surface area contributed by atoms with E-state index < -0.39 is 0 Å². The Bertz CT molecular complexity index is 461. The van der Waals surface area contributed by atoms with Crippen molar-refractivity contribution in [2.75, 3.05) is 0 Å². The van der Waals surface area contributed by atoms with E-state index in [-0.39, 0.29) is 17.1 Å². The predicted molar refractivity (Wildman–Crippen MR) is 65.5 cm³/mol. The van der Waals surface area contributed by atoms with Gasteiger partial charge in [-0.15, -0.1) is 0 Å². The van der Waals surface area contributed by atoms with Gasteiger partial charge in [0.25, 0.3) is 0 Å². The molecule has 90 valence electrons. The van der Waals surface area contributed by atoms with Crippen molar-refractivity contribution in [3.63, 3.8) is 0 Å². The van der Waals surface area contributed by atoms with Crippen molar-refractivity contribution in [2.24, 2.45) is 11.3 Å². The SMILES string of the molecule is CC(C)(C#N)CCn1ccc(C(=O)C2CC2)c1. The van der Waals surface area contributed by atoms with Gasteiger partial charge in [-0.2, -0.15) is 5.26 Å². The van der Waals surface area contributed by atoms with Crippen molar-refractivity contribution in [1.29, 1.82) is 5.26 Å². The third-order valence-corrected chi connectivity index (χ3v) is 3.28. The number of nitriles is 1. The molecule has 0 N–H and O–H groups in total. The normalized spacial score (nSPS) is 15.6. The Morgan fingerprint density at radius 3 is 2.88 bits per heavy atom. The second-order valence-electron chi connectivity index (χ2n) is 5.52. The Hall–Kier alpha value is -1.56. The molecular weight excluding hydrogens is 212 g/mol. The van der Waals surface area contributed by atoms with Gasteiger partial charge in [0.05, 0.1) is 11.5 Å². The minimum absolute atomic E-state index is 0.279. The van der Waals surface area contributed by atoms with Crippen LogP contribution >= 0.6 is 0 Å². The number of Topliss-reactive ketones (excluding diaryl/α,β-unsaturated/α-hetero) is 1. The van der Waals surface area contributed by atoms with Gasteiger partial charge >= 0.3 is 0 Å². The van der Waals surface area contributed by atoms with Gasteiger partial charge in [0.1, 0.15) is 0 Å². The highest BCUT2D eigenvalue weighted by atomic mass is 16.1. The molecule has 0 spiro atoms. The summed E-state index contributed by atoms with van der Waals surface area (Å²) in [6.07, 6.45) is 6.74. The van der Waals surface area contributed by atoms with Crippen molar-refractivity contribution in [2.45, 2.75) is 39.7 Å². The lowest BCUT2D eigenvalue weighted by Gasteiger charge is -2.14. The van der Waals surface area contributed by atoms with Crippen LogP contribution in [0.4, 0.5) is 0 Å². The van der Waals surface area contributed by atoms with Crippen molar-refractivity contribution in [3.8, 4) is 6.07 Å². The van der Waals surface area contributed by atoms with Gasteiger partial charge in [-0.1, -0.05) is 0 Å². The Morgan fingerprint density at radius 1 is 1.59 bits per heavy atom. The highest BCUT2D eigenvalue weighted by Crippen LogP contribution is 2.32. The summed E-state index contributed by atoms with van der Waals surface area (Å²) in [7, 11) is 0. The number of nitrogens with zero attached hydrogens (tertiary/aromatic N) is 2. The summed E-state index contributed by atoms with van der Waals surface area (Å²) >= 11 is 0. The summed E-state index contributed by atoms with van der Waals surface area (Å²) < 4.78 is 2.01. The molecule has 17 heavy (non-hydrogen) atoms. The first kappa shape index (κ1) is 11.9. The molecule has 0 amide bonds. The number of ketones is 1. The Morgan fingerprint density at radius 2 is 2.29 bits per heavy atom. The lowest BCUT2D eigenvalue weighted by atomic mass is 9.91. The van der Waals surface area contributed by atoms with Gasteiger partial charge in [0, 0.05) is 30.4 Å². The average molecular weight is 230 g/mol. The summed E-state index contributed by atoms with van der Waals surface area (Å²) in [6, 6.07) is 4.18. The van der Waals surface area contributed by atoms with Gasteiger partial charge in [-0.05, 0) is 39.2 Å². The molecule has 3 heteroatoms. The third kappa shape index (κ3) is 2.97. The summed E-state index contributed by atoms with van der Waals surface area (Å²) in [5, 5.41) is 8.93. The molecular formula is C14H18N2O.